The molecule has 3 nitrogen and oxygen atoms in total. The third-order valence-corrected chi connectivity index (χ3v) is 4.17. The molecule has 1 N–H and O–H groups in total. The van der Waals surface area contributed by atoms with Crippen molar-refractivity contribution in [2.75, 3.05) is 5.32 Å². The van der Waals surface area contributed by atoms with E-state index in [2.05, 4.69) is 5.32 Å². The van der Waals surface area contributed by atoms with Crippen LogP contribution in [-0.4, -0.2) is 5.91 Å². The van der Waals surface area contributed by atoms with E-state index in [1.54, 1.807) is 6.07 Å². The number of carbonyl (C=O) groups excluding carboxylic acids is 1. The predicted octanol–water partition coefficient (Wildman–Crippen LogP) is 5.66. The smallest absolute Gasteiger partial charge is 0.259 e. The van der Waals surface area contributed by atoms with Crippen molar-refractivity contribution in [3.8, 4) is 11.3 Å². The van der Waals surface area contributed by atoms with Gasteiger partial charge in [0.15, 0.2) is 0 Å². The van der Waals surface area contributed by atoms with Crippen molar-refractivity contribution in [2.24, 2.45) is 0 Å². The van der Waals surface area contributed by atoms with Gasteiger partial charge >= 0.3 is 0 Å². The van der Waals surface area contributed by atoms with Crippen LogP contribution in [0.15, 0.2) is 83.3 Å². The number of aryl methyl sites for hydroxylation is 1. The summed E-state index contributed by atoms with van der Waals surface area (Å²) in [5.41, 5.74) is 2.22. The zero-order valence-corrected chi connectivity index (χ0v) is 13.8. The second-order valence-electron chi connectivity index (χ2n) is 5.95. The van der Waals surface area contributed by atoms with E-state index in [4.69, 9.17) is 4.42 Å². The molecular formula is C22H17NO2. The molecule has 25 heavy (non-hydrogen) atoms. The van der Waals surface area contributed by atoms with Crippen molar-refractivity contribution in [3.63, 3.8) is 0 Å². The minimum absolute atomic E-state index is 0.174. The summed E-state index contributed by atoms with van der Waals surface area (Å²) in [6.45, 7) is 1.85. The quantitative estimate of drug-likeness (QED) is 0.527. The summed E-state index contributed by atoms with van der Waals surface area (Å²) >= 11 is 0. The normalized spacial score (nSPS) is 10.8. The molecule has 0 radical (unpaired) electrons. The van der Waals surface area contributed by atoms with Crippen LogP contribution in [0.25, 0.3) is 22.1 Å². The van der Waals surface area contributed by atoms with Crippen LogP contribution in [0.1, 0.15) is 16.1 Å². The van der Waals surface area contributed by atoms with Gasteiger partial charge in [0.1, 0.15) is 11.5 Å². The average Bonchev–Trinajstić information content (AvgIpc) is 3.05. The van der Waals surface area contributed by atoms with E-state index in [0.717, 1.165) is 22.0 Å². The largest absolute Gasteiger partial charge is 0.461 e. The van der Waals surface area contributed by atoms with Crippen molar-refractivity contribution in [1.29, 1.82) is 0 Å². The first-order valence-corrected chi connectivity index (χ1v) is 8.17. The van der Waals surface area contributed by atoms with E-state index in [1.165, 1.54) is 0 Å². The lowest BCUT2D eigenvalue weighted by Gasteiger charge is -2.09. The molecule has 1 aromatic heterocycles. The number of amides is 1. The molecule has 4 rings (SSSR count). The average molecular weight is 327 g/mol. The Bertz CT molecular complexity index is 1040. The summed E-state index contributed by atoms with van der Waals surface area (Å²) in [7, 11) is 0. The highest BCUT2D eigenvalue weighted by atomic mass is 16.3. The molecule has 3 heteroatoms. The zero-order chi connectivity index (χ0) is 17.2. The van der Waals surface area contributed by atoms with Crippen LogP contribution < -0.4 is 5.32 Å². The van der Waals surface area contributed by atoms with Gasteiger partial charge in [0.25, 0.3) is 5.91 Å². The summed E-state index contributed by atoms with van der Waals surface area (Å²) in [5.74, 6) is 1.13. The summed E-state index contributed by atoms with van der Waals surface area (Å²) < 4.78 is 5.79. The third kappa shape index (κ3) is 2.92. The maximum absolute atomic E-state index is 12.9. The van der Waals surface area contributed by atoms with Crippen molar-refractivity contribution in [1.82, 2.24) is 0 Å². The van der Waals surface area contributed by atoms with E-state index in [-0.39, 0.29) is 5.91 Å². The molecule has 3 aromatic carbocycles. The third-order valence-electron chi connectivity index (χ3n) is 4.17. The van der Waals surface area contributed by atoms with Gasteiger partial charge in [0.2, 0.25) is 0 Å². The molecular weight excluding hydrogens is 310 g/mol. The number of furan rings is 1. The topological polar surface area (TPSA) is 42.2 Å². The van der Waals surface area contributed by atoms with Gasteiger partial charge in [-0.2, -0.15) is 0 Å². The molecule has 122 valence electrons. The first kappa shape index (κ1) is 15.2. The van der Waals surface area contributed by atoms with Gasteiger partial charge in [-0.15, -0.1) is 0 Å². The molecule has 0 saturated heterocycles. The number of rotatable bonds is 3. The summed E-state index contributed by atoms with van der Waals surface area (Å²) in [6.07, 6.45) is 0. The SMILES string of the molecule is Cc1cc(C(=O)Nc2cccc3ccccc23)c(-c2ccccc2)o1. The summed E-state index contributed by atoms with van der Waals surface area (Å²) in [5, 5.41) is 5.13. The molecule has 0 bridgehead atoms. The molecule has 0 fully saturated rings. The number of anilines is 1. The fourth-order valence-corrected chi connectivity index (χ4v) is 3.01. The van der Waals surface area contributed by atoms with Crippen LogP contribution in [-0.2, 0) is 0 Å². The second kappa shape index (κ2) is 6.29. The van der Waals surface area contributed by atoms with E-state index < -0.39 is 0 Å². The van der Waals surface area contributed by atoms with Crippen LogP contribution in [0.4, 0.5) is 5.69 Å². The number of hydrogen-bond donors (Lipinski definition) is 1. The lowest BCUT2D eigenvalue weighted by atomic mass is 10.1. The zero-order valence-electron chi connectivity index (χ0n) is 13.8. The maximum atomic E-state index is 12.9. The Kier molecular flexibility index (Phi) is 3.82. The minimum Gasteiger partial charge on any atom is -0.461 e. The molecule has 0 saturated carbocycles. The Labute approximate surface area is 145 Å². The fraction of sp³-hybridized carbons (Fsp3) is 0.0455. The fourth-order valence-electron chi connectivity index (χ4n) is 3.01. The molecule has 0 aliphatic heterocycles. The van der Waals surface area contributed by atoms with Crippen molar-refractivity contribution >= 4 is 22.4 Å². The summed E-state index contributed by atoms with van der Waals surface area (Å²) in [6, 6.07) is 25.3. The molecule has 1 heterocycles. The van der Waals surface area contributed by atoms with Crippen LogP contribution in [0.5, 0.6) is 0 Å². The van der Waals surface area contributed by atoms with Gasteiger partial charge in [-0.1, -0.05) is 66.7 Å². The van der Waals surface area contributed by atoms with Crippen molar-refractivity contribution in [3.05, 3.63) is 90.2 Å². The maximum Gasteiger partial charge on any atom is 0.259 e. The van der Waals surface area contributed by atoms with Crippen molar-refractivity contribution in [2.45, 2.75) is 6.92 Å². The monoisotopic (exact) mass is 327 g/mol. The molecule has 1 amide bonds. The van der Waals surface area contributed by atoms with Gasteiger partial charge in [0, 0.05) is 16.6 Å². The van der Waals surface area contributed by atoms with Gasteiger partial charge in [-0.3, -0.25) is 4.79 Å². The number of nitrogens with one attached hydrogen (secondary N) is 1. The number of carbonyl (C=O) groups is 1. The van der Waals surface area contributed by atoms with Crippen LogP contribution in [0.3, 0.4) is 0 Å². The molecule has 4 aromatic rings. The molecule has 0 atom stereocenters. The second-order valence-corrected chi connectivity index (χ2v) is 5.95. The lowest BCUT2D eigenvalue weighted by Crippen LogP contribution is -2.12. The van der Waals surface area contributed by atoms with Crippen LogP contribution in [0.2, 0.25) is 0 Å². The molecule has 0 spiro atoms. The predicted molar refractivity (Wildman–Crippen MR) is 101 cm³/mol. The lowest BCUT2D eigenvalue weighted by molar-refractivity contribution is 0.102. The Hall–Kier alpha value is -3.33. The molecule has 0 aliphatic rings. The van der Waals surface area contributed by atoms with Crippen molar-refractivity contribution < 1.29 is 9.21 Å². The highest BCUT2D eigenvalue weighted by molar-refractivity contribution is 6.11. The Morgan fingerprint density at radius 3 is 2.44 bits per heavy atom. The summed E-state index contributed by atoms with van der Waals surface area (Å²) in [4.78, 5) is 12.9. The van der Waals surface area contributed by atoms with Gasteiger partial charge in [0.05, 0.1) is 5.56 Å². The highest BCUT2D eigenvalue weighted by Gasteiger charge is 2.18. The number of benzene rings is 3. The van der Waals surface area contributed by atoms with Gasteiger partial charge < -0.3 is 9.73 Å². The van der Waals surface area contributed by atoms with Crippen LogP contribution >= 0.6 is 0 Å². The Balaban J connectivity index is 1.73. The first-order chi connectivity index (χ1) is 12.2. The Morgan fingerprint density at radius 1 is 0.880 bits per heavy atom. The first-order valence-electron chi connectivity index (χ1n) is 8.17. The van der Waals surface area contributed by atoms with E-state index in [0.29, 0.717) is 17.1 Å². The highest BCUT2D eigenvalue weighted by Crippen LogP contribution is 2.29. The molecule has 0 aliphatic carbocycles. The Morgan fingerprint density at radius 2 is 1.60 bits per heavy atom. The number of hydrogen-bond acceptors (Lipinski definition) is 2. The van der Waals surface area contributed by atoms with E-state index in [9.17, 15) is 4.79 Å². The number of fused-ring (bicyclic) bond motifs is 1. The standard InChI is InChI=1S/C22H17NO2/c1-15-14-19(21(25-15)17-9-3-2-4-10-17)22(24)23-20-13-7-11-16-8-5-6-12-18(16)20/h2-14H,1H3,(H,23,24). The van der Waals surface area contributed by atoms with E-state index in [1.807, 2.05) is 79.7 Å². The van der Waals surface area contributed by atoms with Gasteiger partial charge in [-0.25, -0.2) is 0 Å². The van der Waals surface area contributed by atoms with Gasteiger partial charge in [-0.05, 0) is 24.4 Å². The molecule has 0 unspecified atom stereocenters. The van der Waals surface area contributed by atoms with E-state index >= 15 is 0 Å². The minimum atomic E-state index is -0.174. The van der Waals surface area contributed by atoms with Crippen LogP contribution in [0, 0.1) is 6.92 Å².